The molecule has 1 amide bonds. The van der Waals surface area contributed by atoms with Crippen LogP contribution in [-0.4, -0.2) is 47.0 Å². The van der Waals surface area contributed by atoms with E-state index in [-0.39, 0.29) is 45.6 Å². The zero-order chi connectivity index (χ0) is 35.2. The SMILES string of the molecule is CC(C)C1CC[C@]2(CC(=O)N3CC[C@H](C)C3)CC[C@]3(C)[C@H](CC[C@@H]4[C@@]5(C)CC[C@H](OC(=O)CC(C)(C)C(=O)O)C(C)(C)[C@@H]5CC[C@]43C)[C@@H]12. The van der Waals surface area contributed by atoms with Crippen molar-refractivity contribution >= 4 is 17.8 Å². The van der Waals surface area contributed by atoms with Crippen LogP contribution in [0.5, 0.6) is 0 Å². The van der Waals surface area contributed by atoms with Gasteiger partial charge in [-0.1, -0.05) is 55.4 Å². The summed E-state index contributed by atoms with van der Waals surface area (Å²) in [6, 6.07) is 0. The van der Waals surface area contributed by atoms with Crippen LogP contribution in [0.1, 0.15) is 153 Å². The smallest absolute Gasteiger partial charge is 0.309 e. The van der Waals surface area contributed by atoms with Gasteiger partial charge in [0.1, 0.15) is 6.10 Å². The second-order valence-corrected chi connectivity index (χ2v) is 20.6. The largest absolute Gasteiger partial charge is 0.481 e. The van der Waals surface area contributed by atoms with Crippen LogP contribution < -0.4 is 0 Å². The van der Waals surface area contributed by atoms with E-state index in [9.17, 15) is 19.5 Å². The maximum absolute atomic E-state index is 13.9. The Morgan fingerprint density at radius 3 is 2.19 bits per heavy atom. The average molecular weight is 668 g/mol. The highest BCUT2D eigenvalue weighted by Crippen LogP contribution is 2.78. The minimum absolute atomic E-state index is 0.0972. The van der Waals surface area contributed by atoms with Crippen LogP contribution in [0.3, 0.4) is 0 Å². The zero-order valence-electron chi connectivity index (χ0n) is 32.3. The van der Waals surface area contributed by atoms with E-state index >= 15 is 0 Å². The van der Waals surface area contributed by atoms with Gasteiger partial charge in [0.2, 0.25) is 5.91 Å². The van der Waals surface area contributed by atoms with Gasteiger partial charge in [0, 0.05) is 24.9 Å². The van der Waals surface area contributed by atoms with E-state index in [2.05, 4.69) is 60.3 Å². The van der Waals surface area contributed by atoms with Gasteiger partial charge in [-0.2, -0.15) is 0 Å². The van der Waals surface area contributed by atoms with Gasteiger partial charge >= 0.3 is 11.9 Å². The van der Waals surface area contributed by atoms with Gasteiger partial charge in [0.25, 0.3) is 0 Å². The van der Waals surface area contributed by atoms with E-state index in [1.165, 1.54) is 44.9 Å². The normalized spacial score (nSPS) is 45.1. The molecular weight excluding hydrogens is 598 g/mol. The third-order valence-electron chi connectivity index (χ3n) is 17.2. The number of carbonyl (C=O) groups excluding carboxylic acids is 2. The van der Waals surface area contributed by atoms with Crippen LogP contribution in [-0.2, 0) is 19.1 Å². The topological polar surface area (TPSA) is 83.9 Å². The fourth-order valence-corrected chi connectivity index (χ4v) is 14.2. The lowest BCUT2D eigenvalue weighted by Crippen LogP contribution is -2.67. The summed E-state index contributed by atoms with van der Waals surface area (Å²) < 4.78 is 6.19. The molecule has 6 aliphatic rings. The van der Waals surface area contributed by atoms with E-state index in [1.807, 2.05) is 0 Å². The van der Waals surface area contributed by atoms with Crippen LogP contribution >= 0.6 is 0 Å². The number of carboxylic acids is 1. The summed E-state index contributed by atoms with van der Waals surface area (Å²) in [5, 5.41) is 9.60. The molecule has 11 atom stereocenters. The Hall–Kier alpha value is -1.59. The lowest BCUT2D eigenvalue weighted by molar-refractivity contribution is -0.252. The maximum atomic E-state index is 13.9. The van der Waals surface area contributed by atoms with Gasteiger partial charge in [-0.15, -0.1) is 0 Å². The Kier molecular flexibility index (Phi) is 9.05. The Labute approximate surface area is 292 Å². The fourth-order valence-electron chi connectivity index (χ4n) is 14.2. The van der Waals surface area contributed by atoms with Crippen molar-refractivity contribution < 1.29 is 24.2 Å². The molecule has 1 saturated heterocycles. The first-order chi connectivity index (χ1) is 22.2. The molecule has 272 valence electrons. The number of carbonyl (C=O) groups is 3. The molecule has 0 aromatic heterocycles. The number of fused-ring (bicyclic) bond motifs is 7. The predicted octanol–water partition coefficient (Wildman–Crippen LogP) is 9.40. The summed E-state index contributed by atoms with van der Waals surface area (Å²) >= 11 is 0. The minimum Gasteiger partial charge on any atom is -0.481 e. The summed E-state index contributed by atoms with van der Waals surface area (Å²) in [7, 11) is 0. The van der Waals surface area contributed by atoms with Crippen molar-refractivity contribution in [2.45, 2.75) is 159 Å². The number of amides is 1. The molecule has 0 bridgehead atoms. The van der Waals surface area contributed by atoms with Gasteiger partial charge in [-0.3, -0.25) is 14.4 Å². The molecule has 6 heteroatoms. The molecule has 5 aliphatic carbocycles. The van der Waals surface area contributed by atoms with Gasteiger partial charge < -0.3 is 14.7 Å². The number of hydrogen-bond donors (Lipinski definition) is 1. The number of carboxylic acid groups (broad SMARTS) is 1. The molecule has 0 spiro atoms. The Bertz CT molecular complexity index is 1290. The van der Waals surface area contributed by atoms with E-state index in [1.54, 1.807) is 13.8 Å². The number of aliphatic carboxylic acids is 1. The molecule has 1 heterocycles. The minimum atomic E-state index is -1.13. The number of nitrogens with zero attached hydrogens (tertiary/aromatic N) is 1. The van der Waals surface area contributed by atoms with Crippen LogP contribution in [0.25, 0.3) is 0 Å². The number of hydrogen-bond acceptors (Lipinski definition) is 4. The summed E-state index contributed by atoms with van der Waals surface area (Å²) in [5.41, 5.74) is -0.439. The van der Waals surface area contributed by atoms with Crippen molar-refractivity contribution in [2.24, 2.45) is 73.9 Å². The highest BCUT2D eigenvalue weighted by molar-refractivity contribution is 5.81. The van der Waals surface area contributed by atoms with E-state index in [0.717, 1.165) is 45.2 Å². The highest BCUT2D eigenvalue weighted by atomic mass is 16.5. The predicted molar refractivity (Wildman–Crippen MR) is 190 cm³/mol. The molecule has 6 fully saturated rings. The zero-order valence-corrected chi connectivity index (χ0v) is 32.3. The molecule has 5 saturated carbocycles. The van der Waals surface area contributed by atoms with Crippen molar-refractivity contribution in [3.05, 3.63) is 0 Å². The molecule has 1 aliphatic heterocycles. The maximum Gasteiger partial charge on any atom is 0.309 e. The summed E-state index contributed by atoms with van der Waals surface area (Å²) in [6.45, 7) is 24.9. The van der Waals surface area contributed by atoms with Gasteiger partial charge in [0.15, 0.2) is 0 Å². The second kappa shape index (κ2) is 12.0. The van der Waals surface area contributed by atoms with Crippen LogP contribution in [0.4, 0.5) is 0 Å². The van der Waals surface area contributed by atoms with Gasteiger partial charge in [-0.25, -0.2) is 0 Å². The number of esters is 1. The fraction of sp³-hybridized carbons (Fsp3) is 0.929. The van der Waals surface area contributed by atoms with Gasteiger partial charge in [-0.05, 0) is 148 Å². The third-order valence-corrected chi connectivity index (χ3v) is 17.2. The van der Waals surface area contributed by atoms with Crippen LogP contribution in [0, 0.1) is 73.9 Å². The molecule has 0 aromatic rings. The molecule has 6 rings (SSSR count). The first-order valence-electron chi connectivity index (χ1n) is 19.9. The van der Waals surface area contributed by atoms with E-state index in [4.69, 9.17) is 4.74 Å². The lowest BCUT2D eigenvalue weighted by atomic mass is 9.32. The standard InChI is InChI=1S/C42H69NO5/c1-26(2)28-13-19-42(23-33(44)43-22-16-27(3)25-43)21-20-40(9)29(35(28)42)11-12-31-39(8)17-15-32(48-34(45)24-37(4,5)36(46)47)38(6,7)30(39)14-18-41(31,40)10/h26-32,35H,11-25H2,1-10H3,(H,46,47)/t27-,28?,29+,30-,31+,32-,35+,39-,40+,41+,42+/m0/s1. The van der Waals surface area contributed by atoms with Crippen molar-refractivity contribution in [3.63, 3.8) is 0 Å². The summed E-state index contributed by atoms with van der Waals surface area (Å²) in [5.74, 6) is 3.51. The number of ether oxygens (including phenoxy) is 1. The van der Waals surface area contributed by atoms with Crippen molar-refractivity contribution in [1.29, 1.82) is 0 Å². The van der Waals surface area contributed by atoms with Crippen molar-refractivity contribution in [1.82, 2.24) is 4.90 Å². The average Bonchev–Trinajstić information content (AvgIpc) is 3.59. The third kappa shape index (κ3) is 5.41. The number of rotatable bonds is 7. The molecule has 1 unspecified atom stereocenters. The number of likely N-dealkylation sites (tertiary alicyclic amines) is 1. The van der Waals surface area contributed by atoms with Crippen molar-refractivity contribution in [2.75, 3.05) is 13.1 Å². The lowest BCUT2D eigenvalue weighted by Gasteiger charge is -2.73. The summed E-state index contributed by atoms with van der Waals surface area (Å²) in [4.78, 5) is 40.9. The monoisotopic (exact) mass is 668 g/mol. The molecule has 0 aromatic carbocycles. The van der Waals surface area contributed by atoms with Crippen LogP contribution in [0.2, 0.25) is 0 Å². The second-order valence-electron chi connectivity index (χ2n) is 20.6. The van der Waals surface area contributed by atoms with E-state index in [0.29, 0.717) is 47.3 Å². The van der Waals surface area contributed by atoms with Gasteiger partial charge in [0.05, 0.1) is 11.8 Å². The quantitative estimate of drug-likeness (QED) is 0.274. The summed E-state index contributed by atoms with van der Waals surface area (Å²) in [6.07, 6.45) is 13.5. The van der Waals surface area contributed by atoms with Crippen LogP contribution in [0.15, 0.2) is 0 Å². The molecule has 0 radical (unpaired) electrons. The molecule has 48 heavy (non-hydrogen) atoms. The highest BCUT2D eigenvalue weighted by Gasteiger charge is 2.71. The first-order valence-corrected chi connectivity index (χ1v) is 19.9. The van der Waals surface area contributed by atoms with Crippen molar-refractivity contribution in [3.8, 4) is 0 Å². The molecule has 6 nitrogen and oxygen atoms in total. The Morgan fingerprint density at radius 1 is 0.854 bits per heavy atom. The Balaban J connectivity index is 1.25. The van der Waals surface area contributed by atoms with E-state index < -0.39 is 11.4 Å². The molecular formula is C42H69NO5. The first kappa shape index (κ1) is 36.2. The Morgan fingerprint density at radius 2 is 1.56 bits per heavy atom. The molecule has 1 N–H and O–H groups in total.